The van der Waals surface area contributed by atoms with Crippen molar-refractivity contribution in [3.05, 3.63) is 60.2 Å². The topological polar surface area (TPSA) is 87.0 Å². The van der Waals surface area contributed by atoms with Crippen LogP contribution in [0.1, 0.15) is 44.1 Å². The van der Waals surface area contributed by atoms with Gasteiger partial charge >= 0.3 is 5.97 Å². The molecule has 5 atom stereocenters. The number of ether oxygens (including phenoxy) is 1. The molecule has 1 saturated carbocycles. The lowest BCUT2D eigenvalue weighted by Crippen LogP contribution is -2.20. The summed E-state index contributed by atoms with van der Waals surface area (Å²) in [6.45, 7) is 0. The second-order valence-electron chi connectivity index (χ2n) is 7.76. The van der Waals surface area contributed by atoms with E-state index in [4.69, 9.17) is 0 Å². The van der Waals surface area contributed by atoms with Crippen LogP contribution in [0.15, 0.2) is 54.6 Å². The van der Waals surface area contributed by atoms with Crippen LogP contribution in [-0.2, 0) is 16.0 Å². The van der Waals surface area contributed by atoms with Gasteiger partial charge in [0, 0.05) is 18.8 Å². The summed E-state index contributed by atoms with van der Waals surface area (Å²) in [6.07, 6.45) is 10.3. The number of benzene rings is 1. The van der Waals surface area contributed by atoms with E-state index >= 15 is 0 Å². The zero-order chi connectivity index (χ0) is 21.1. The molecule has 160 valence electrons. The zero-order valence-corrected chi connectivity index (χ0v) is 17.2. The van der Waals surface area contributed by atoms with Gasteiger partial charge in [0.25, 0.3) is 0 Å². The van der Waals surface area contributed by atoms with Crippen LogP contribution in [0, 0.1) is 11.8 Å². The summed E-state index contributed by atoms with van der Waals surface area (Å²) in [5.74, 6) is -0.445. The summed E-state index contributed by atoms with van der Waals surface area (Å²) in [6, 6.07) is 10.0. The van der Waals surface area contributed by atoms with E-state index in [1.165, 1.54) is 12.7 Å². The van der Waals surface area contributed by atoms with Gasteiger partial charge in [-0.25, -0.2) is 0 Å². The molecule has 1 aliphatic rings. The maximum Gasteiger partial charge on any atom is 0.305 e. The van der Waals surface area contributed by atoms with Crippen molar-refractivity contribution in [2.45, 2.75) is 63.3 Å². The molecule has 5 heteroatoms. The molecule has 0 aromatic heterocycles. The first kappa shape index (κ1) is 23.3. The van der Waals surface area contributed by atoms with E-state index in [0.29, 0.717) is 25.7 Å². The average molecular weight is 403 g/mol. The van der Waals surface area contributed by atoms with E-state index in [0.717, 1.165) is 19.3 Å². The fraction of sp³-hybridized carbons (Fsp3) is 0.542. The quantitative estimate of drug-likeness (QED) is 0.301. The SMILES string of the molecule is COC(=O)CCCC=CC[C@@H]1[C@@H](C=CC(O)CCc2ccccc2)[C@H](O)C[C@@H]1O. The number of hydrogen-bond donors (Lipinski definition) is 3. The van der Waals surface area contributed by atoms with Crippen molar-refractivity contribution < 1.29 is 24.9 Å². The standard InChI is InChI=1S/C24H34O5/c1-29-24(28)12-8-3-2-7-11-20-21(23(27)17-22(20)26)16-15-19(25)14-13-18-9-5-4-6-10-18/h2,4-7,9-10,15-16,19-23,25-27H,3,8,11-14,17H2,1H3/t19?,20-,21-,22+,23-/m1/s1. The largest absolute Gasteiger partial charge is 0.469 e. The second-order valence-corrected chi connectivity index (χ2v) is 7.76. The van der Waals surface area contributed by atoms with Crippen molar-refractivity contribution in [1.82, 2.24) is 0 Å². The van der Waals surface area contributed by atoms with Crippen molar-refractivity contribution in [2.75, 3.05) is 7.11 Å². The number of rotatable bonds is 11. The first-order valence-corrected chi connectivity index (χ1v) is 10.5. The van der Waals surface area contributed by atoms with Gasteiger partial charge in [-0.1, -0.05) is 54.6 Å². The minimum Gasteiger partial charge on any atom is -0.469 e. The third kappa shape index (κ3) is 8.13. The lowest BCUT2D eigenvalue weighted by Gasteiger charge is -2.19. The monoisotopic (exact) mass is 402 g/mol. The molecule has 0 spiro atoms. The molecule has 3 N–H and O–H groups in total. The highest BCUT2D eigenvalue weighted by molar-refractivity contribution is 5.69. The molecule has 5 nitrogen and oxygen atoms in total. The van der Waals surface area contributed by atoms with Crippen LogP contribution in [-0.4, -0.2) is 46.7 Å². The van der Waals surface area contributed by atoms with Gasteiger partial charge in [0.2, 0.25) is 0 Å². The van der Waals surface area contributed by atoms with Crippen molar-refractivity contribution in [3.63, 3.8) is 0 Å². The van der Waals surface area contributed by atoms with E-state index in [1.807, 2.05) is 48.6 Å². The molecular weight excluding hydrogens is 368 g/mol. The molecule has 0 aliphatic heterocycles. The van der Waals surface area contributed by atoms with Gasteiger partial charge in [-0.3, -0.25) is 4.79 Å². The zero-order valence-electron chi connectivity index (χ0n) is 17.2. The molecule has 1 aromatic carbocycles. The Morgan fingerprint density at radius 2 is 1.97 bits per heavy atom. The molecule has 2 rings (SSSR count). The maximum atomic E-state index is 11.1. The number of carbonyl (C=O) groups is 1. The van der Waals surface area contributed by atoms with Crippen LogP contribution in [0.25, 0.3) is 0 Å². The molecule has 0 heterocycles. The summed E-state index contributed by atoms with van der Waals surface area (Å²) >= 11 is 0. The fourth-order valence-electron chi connectivity index (χ4n) is 3.86. The summed E-state index contributed by atoms with van der Waals surface area (Å²) in [5.41, 5.74) is 1.19. The van der Waals surface area contributed by atoms with Crippen LogP contribution in [0.4, 0.5) is 0 Å². The number of unbranched alkanes of at least 4 members (excludes halogenated alkanes) is 1. The van der Waals surface area contributed by atoms with E-state index < -0.39 is 18.3 Å². The molecular formula is C24H34O5. The Bertz CT molecular complexity index is 654. The predicted octanol–water partition coefficient (Wildman–Crippen LogP) is 3.18. The first-order chi connectivity index (χ1) is 14.0. The van der Waals surface area contributed by atoms with E-state index in [1.54, 1.807) is 6.08 Å². The highest BCUT2D eigenvalue weighted by Crippen LogP contribution is 2.36. The normalized spacial score (nSPS) is 25.7. The molecule has 0 bridgehead atoms. The van der Waals surface area contributed by atoms with Crippen molar-refractivity contribution in [2.24, 2.45) is 11.8 Å². The van der Waals surface area contributed by atoms with E-state index in [9.17, 15) is 20.1 Å². The smallest absolute Gasteiger partial charge is 0.305 e. The first-order valence-electron chi connectivity index (χ1n) is 10.5. The number of aliphatic hydroxyl groups excluding tert-OH is 3. The predicted molar refractivity (Wildman–Crippen MR) is 113 cm³/mol. The van der Waals surface area contributed by atoms with Crippen LogP contribution < -0.4 is 0 Å². The van der Waals surface area contributed by atoms with Crippen LogP contribution in [0.3, 0.4) is 0 Å². The number of hydrogen-bond acceptors (Lipinski definition) is 5. The van der Waals surface area contributed by atoms with Crippen molar-refractivity contribution in [1.29, 1.82) is 0 Å². The van der Waals surface area contributed by atoms with Gasteiger partial charge in [0.1, 0.15) is 0 Å². The fourth-order valence-corrected chi connectivity index (χ4v) is 3.86. The Kier molecular flexibility index (Phi) is 10.1. The molecule has 0 radical (unpaired) electrons. The Labute approximate surface area is 173 Å². The van der Waals surface area contributed by atoms with Crippen LogP contribution in [0.5, 0.6) is 0 Å². The average Bonchev–Trinajstić information content (AvgIpc) is 3.00. The third-order valence-corrected chi connectivity index (χ3v) is 5.60. The highest BCUT2D eigenvalue weighted by Gasteiger charge is 2.39. The molecule has 29 heavy (non-hydrogen) atoms. The Morgan fingerprint density at radius 1 is 1.21 bits per heavy atom. The minimum absolute atomic E-state index is 0.0700. The van der Waals surface area contributed by atoms with Crippen LogP contribution >= 0.6 is 0 Å². The minimum atomic E-state index is -0.597. The lowest BCUT2D eigenvalue weighted by molar-refractivity contribution is -0.140. The second kappa shape index (κ2) is 12.6. The number of esters is 1. The number of aliphatic hydroxyl groups is 3. The highest BCUT2D eigenvalue weighted by atomic mass is 16.5. The van der Waals surface area contributed by atoms with E-state index in [-0.39, 0.29) is 17.8 Å². The Hall–Kier alpha value is -1.95. The number of carbonyl (C=O) groups excluding carboxylic acids is 1. The Morgan fingerprint density at radius 3 is 2.69 bits per heavy atom. The van der Waals surface area contributed by atoms with Crippen molar-refractivity contribution in [3.8, 4) is 0 Å². The number of allylic oxidation sites excluding steroid dienone is 2. The van der Waals surface area contributed by atoms with Gasteiger partial charge in [0.05, 0.1) is 25.4 Å². The van der Waals surface area contributed by atoms with E-state index in [2.05, 4.69) is 4.74 Å². The summed E-state index contributed by atoms with van der Waals surface area (Å²) in [5, 5.41) is 30.9. The molecule has 0 saturated heterocycles. The summed E-state index contributed by atoms with van der Waals surface area (Å²) < 4.78 is 4.61. The summed E-state index contributed by atoms with van der Waals surface area (Å²) in [7, 11) is 1.39. The summed E-state index contributed by atoms with van der Waals surface area (Å²) in [4.78, 5) is 11.1. The Balaban J connectivity index is 1.80. The van der Waals surface area contributed by atoms with Gasteiger partial charge in [-0.15, -0.1) is 0 Å². The van der Waals surface area contributed by atoms with Crippen molar-refractivity contribution >= 4 is 5.97 Å². The molecule has 1 aliphatic carbocycles. The van der Waals surface area contributed by atoms with Gasteiger partial charge in [0.15, 0.2) is 0 Å². The molecule has 1 unspecified atom stereocenters. The lowest BCUT2D eigenvalue weighted by atomic mass is 9.89. The van der Waals surface area contributed by atoms with Crippen LogP contribution in [0.2, 0.25) is 0 Å². The molecule has 1 fully saturated rings. The molecule has 0 amide bonds. The molecule has 1 aromatic rings. The third-order valence-electron chi connectivity index (χ3n) is 5.60. The maximum absolute atomic E-state index is 11.1. The van der Waals surface area contributed by atoms with Gasteiger partial charge in [-0.05, 0) is 43.6 Å². The number of aryl methyl sites for hydroxylation is 1. The number of methoxy groups -OCH3 is 1. The van der Waals surface area contributed by atoms with Gasteiger partial charge < -0.3 is 20.1 Å². The van der Waals surface area contributed by atoms with Gasteiger partial charge in [-0.2, -0.15) is 0 Å².